The van der Waals surface area contributed by atoms with E-state index in [4.69, 9.17) is 4.74 Å². The molecule has 0 amide bonds. The Morgan fingerprint density at radius 2 is 1.55 bits per heavy atom. The van der Waals surface area contributed by atoms with Crippen molar-refractivity contribution in [1.29, 1.82) is 0 Å². The van der Waals surface area contributed by atoms with E-state index >= 15 is 0 Å². The van der Waals surface area contributed by atoms with Crippen LogP contribution in [0.4, 0.5) is 0 Å². The number of rotatable bonds is 5. The van der Waals surface area contributed by atoms with E-state index in [2.05, 4.69) is 17.0 Å². The summed E-state index contributed by atoms with van der Waals surface area (Å²) in [5.41, 5.74) is 1.34. The Morgan fingerprint density at radius 1 is 1.00 bits per heavy atom. The van der Waals surface area contributed by atoms with Crippen LogP contribution >= 0.6 is 0 Å². The molecule has 1 aromatic carbocycles. The van der Waals surface area contributed by atoms with Crippen LogP contribution in [0.15, 0.2) is 24.3 Å². The van der Waals surface area contributed by atoms with Crippen molar-refractivity contribution in [2.75, 3.05) is 7.11 Å². The SMILES string of the molecule is COc1ccc(CN2[C@@H](C3CC3)CC(=O)C[C@H]2C2CC2)cc1. The van der Waals surface area contributed by atoms with Crippen LogP contribution in [0, 0.1) is 11.8 Å². The Labute approximate surface area is 132 Å². The van der Waals surface area contributed by atoms with Crippen LogP contribution in [0.2, 0.25) is 0 Å². The molecule has 4 rings (SSSR count). The summed E-state index contributed by atoms with van der Waals surface area (Å²) < 4.78 is 5.25. The summed E-state index contributed by atoms with van der Waals surface area (Å²) in [6, 6.07) is 9.42. The number of carbonyl (C=O) groups is 1. The third kappa shape index (κ3) is 2.91. The zero-order valence-corrected chi connectivity index (χ0v) is 13.3. The molecule has 0 aromatic heterocycles. The molecule has 0 spiro atoms. The van der Waals surface area contributed by atoms with E-state index in [9.17, 15) is 4.79 Å². The predicted octanol–water partition coefficient (Wildman–Crippen LogP) is 3.42. The highest BCUT2D eigenvalue weighted by atomic mass is 16.5. The molecule has 1 aromatic rings. The minimum absolute atomic E-state index is 0.494. The molecule has 0 bridgehead atoms. The quantitative estimate of drug-likeness (QED) is 0.834. The van der Waals surface area contributed by atoms with E-state index in [-0.39, 0.29) is 0 Å². The molecule has 3 nitrogen and oxygen atoms in total. The molecule has 0 N–H and O–H groups in total. The van der Waals surface area contributed by atoms with Gasteiger partial charge in [0.2, 0.25) is 0 Å². The monoisotopic (exact) mass is 299 g/mol. The van der Waals surface area contributed by atoms with Crippen LogP contribution in [-0.2, 0) is 11.3 Å². The van der Waals surface area contributed by atoms with Crippen molar-refractivity contribution in [1.82, 2.24) is 4.90 Å². The standard InChI is InChI=1S/C19H25NO2/c1-22-17-8-2-13(3-9-17)12-20-18(14-4-5-14)10-16(21)11-19(20)15-6-7-15/h2-3,8-9,14-15,18-19H,4-7,10-12H2,1H3/t18-,19+. The highest BCUT2D eigenvalue weighted by molar-refractivity contribution is 5.80. The van der Waals surface area contributed by atoms with Crippen LogP contribution in [0.25, 0.3) is 0 Å². The highest BCUT2D eigenvalue weighted by Gasteiger charge is 2.47. The summed E-state index contributed by atoms with van der Waals surface area (Å²) in [6.45, 7) is 0.986. The number of piperidine rings is 1. The third-order valence-corrected chi connectivity index (χ3v) is 5.58. The number of nitrogens with zero attached hydrogens (tertiary/aromatic N) is 1. The number of benzene rings is 1. The first-order valence-electron chi connectivity index (χ1n) is 8.65. The van der Waals surface area contributed by atoms with Crippen molar-refractivity contribution in [3.05, 3.63) is 29.8 Å². The molecule has 118 valence electrons. The molecule has 3 aliphatic rings. The van der Waals surface area contributed by atoms with E-state index in [0.717, 1.165) is 37.0 Å². The smallest absolute Gasteiger partial charge is 0.136 e. The lowest BCUT2D eigenvalue weighted by Gasteiger charge is -2.42. The van der Waals surface area contributed by atoms with Crippen molar-refractivity contribution in [3.63, 3.8) is 0 Å². The molecule has 0 unspecified atom stereocenters. The van der Waals surface area contributed by atoms with E-state index in [1.165, 1.54) is 31.2 Å². The van der Waals surface area contributed by atoms with Gasteiger partial charge in [-0.3, -0.25) is 9.69 Å². The molecule has 22 heavy (non-hydrogen) atoms. The van der Waals surface area contributed by atoms with Gasteiger partial charge in [-0.15, -0.1) is 0 Å². The summed E-state index contributed by atoms with van der Waals surface area (Å²) in [5, 5.41) is 0. The highest BCUT2D eigenvalue weighted by Crippen LogP contribution is 2.46. The lowest BCUT2D eigenvalue weighted by atomic mass is 9.88. The second-order valence-corrected chi connectivity index (χ2v) is 7.28. The first-order valence-corrected chi connectivity index (χ1v) is 8.65. The summed E-state index contributed by atoms with van der Waals surface area (Å²) in [6.07, 6.45) is 6.82. The molecule has 0 radical (unpaired) electrons. The first kappa shape index (κ1) is 14.3. The Kier molecular flexibility index (Phi) is 3.69. The Morgan fingerprint density at radius 3 is 2.00 bits per heavy atom. The van der Waals surface area contributed by atoms with Crippen LogP contribution in [-0.4, -0.2) is 29.9 Å². The van der Waals surface area contributed by atoms with Crippen molar-refractivity contribution >= 4 is 5.78 Å². The molecular weight excluding hydrogens is 274 g/mol. The first-order chi connectivity index (χ1) is 10.7. The number of likely N-dealkylation sites (tertiary alicyclic amines) is 1. The fourth-order valence-corrected chi connectivity index (χ4v) is 4.04. The lowest BCUT2D eigenvalue weighted by Crippen LogP contribution is -2.51. The van der Waals surface area contributed by atoms with Crippen molar-refractivity contribution < 1.29 is 9.53 Å². The summed E-state index contributed by atoms with van der Waals surface area (Å²) >= 11 is 0. The van der Waals surface area contributed by atoms with Crippen LogP contribution < -0.4 is 4.74 Å². The van der Waals surface area contributed by atoms with Gasteiger partial charge in [0, 0.05) is 31.5 Å². The number of Topliss-reactive ketones (excluding diaryl/α,β-unsaturated/α-hetero) is 1. The molecule has 2 atom stereocenters. The topological polar surface area (TPSA) is 29.5 Å². The van der Waals surface area contributed by atoms with E-state index in [1.54, 1.807) is 7.11 Å². The summed E-state index contributed by atoms with van der Waals surface area (Å²) in [7, 11) is 1.71. The fraction of sp³-hybridized carbons (Fsp3) is 0.632. The fourth-order valence-electron chi connectivity index (χ4n) is 4.04. The molecule has 2 aliphatic carbocycles. The zero-order valence-electron chi connectivity index (χ0n) is 13.3. The molecular formula is C19H25NO2. The van der Waals surface area contributed by atoms with Gasteiger partial charge >= 0.3 is 0 Å². The maximum Gasteiger partial charge on any atom is 0.136 e. The van der Waals surface area contributed by atoms with Crippen LogP contribution in [0.3, 0.4) is 0 Å². The average Bonchev–Trinajstić information content (AvgIpc) is 3.40. The van der Waals surface area contributed by atoms with Gasteiger partial charge in [-0.1, -0.05) is 12.1 Å². The van der Waals surface area contributed by atoms with Gasteiger partial charge < -0.3 is 4.74 Å². The molecule has 2 saturated carbocycles. The molecule has 1 heterocycles. The maximum absolute atomic E-state index is 12.2. The number of carbonyl (C=O) groups excluding carboxylic acids is 1. The van der Waals surface area contributed by atoms with Gasteiger partial charge in [-0.2, -0.15) is 0 Å². The van der Waals surface area contributed by atoms with Gasteiger partial charge in [-0.25, -0.2) is 0 Å². The normalized spacial score (nSPS) is 29.6. The largest absolute Gasteiger partial charge is 0.497 e. The number of ether oxygens (including phenoxy) is 1. The minimum Gasteiger partial charge on any atom is -0.497 e. The maximum atomic E-state index is 12.2. The molecule has 1 aliphatic heterocycles. The predicted molar refractivity (Wildman–Crippen MR) is 85.8 cm³/mol. The molecule has 3 fully saturated rings. The zero-order chi connectivity index (χ0) is 15.1. The van der Waals surface area contributed by atoms with Gasteiger partial charge in [0.25, 0.3) is 0 Å². The van der Waals surface area contributed by atoms with Crippen LogP contribution in [0.1, 0.15) is 44.1 Å². The minimum atomic E-state index is 0.494. The van der Waals surface area contributed by atoms with Crippen molar-refractivity contribution in [2.45, 2.75) is 57.2 Å². The second-order valence-electron chi connectivity index (χ2n) is 7.28. The molecule has 1 saturated heterocycles. The Hall–Kier alpha value is -1.35. The lowest BCUT2D eigenvalue weighted by molar-refractivity contribution is -0.126. The van der Waals surface area contributed by atoms with E-state index < -0.39 is 0 Å². The van der Waals surface area contributed by atoms with Gasteiger partial charge in [0.15, 0.2) is 0 Å². The number of hydrogen-bond donors (Lipinski definition) is 0. The van der Waals surface area contributed by atoms with Crippen molar-refractivity contribution in [3.8, 4) is 5.75 Å². The number of ketones is 1. The van der Waals surface area contributed by atoms with Gasteiger partial charge in [0.05, 0.1) is 7.11 Å². The summed E-state index contributed by atoms with van der Waals surface area (Å²) in [4.78, 5) is 14.9. The second kappa shape index (κ2) is 5.69. The van der Waals surface area contributed by atoms with Crippen LogP contribution in [0.5, 0.6) is 5.75 Å². The Balaban J connectivity index is 1.55. The third-order valence-electron chi connectivity index (χ3n) is 5.58. The van der Waals surface area contributed by atoms with Gasteiger partial charge in [0.1, 0.15) is 11.5 Å². The van der Waals surface area contributed by atoms with E-state index in [0.29, 0.717) is 17.9 Å². The number of methoxy groups -OCH3 is 1. The summed E-state index contributed by atoms with van der Waals surface area (Å²) in [5.74, 6) is 2.95. The van der Waals surface area contributed by atoms with E-state index in [1.807, 2.05) is 12.1 Å². The molecule has 3 heteroatoms. The van der Waals surface area contributed by atoms with Crippen molar-refractivity contribution in [2.24, 2.45) is 11.8 Å². The number of hydrogen-bond acceptors (Lipinski definition) is 3. The van der Waals surface area contributed by atoms with Gasteiger partial charge in [-0.05, 0) is 55.2 Å². The average molecular weight is 299 g/mol. The Bertz CT molecular complexity index is 521.